The largest absolute Gasteiger partial charge is 0.300 e. The van der Waals surface area contributed by atoms with Gasteiger partial charge in [-0.3, -0.25) is 9.59 Å². The normalized spacial score (nSPS) is 19.4. The molecule has 0 heterocycles. The first-order valence-electron chi connectivity index (χ1n) is 9.13. The lowest BCUT2D eigenvalue weighted by Crippen LogP contribution is -2.19. The van der Waals surface area contributed by atoms with Crippen molar-refractivity contribution in [2.45, 2.75) is 52.4 Å². The van der Waals surface area contributed by atoms with E-state index in [-0.39, 0.29) is 7.34 Å². The lowest BCUT2D eigenvalue weighted by molar-refractivity contribution is -0.121. The number of carbonyl (C=O) groups is 2. The maximum absolute atomic E-state index is 11.7. The zero-order chi connectivity index (χ0) is 18.4. The fraction of sp³-hybridized carbons (Fsp3) is 0.391. The second kappa shape index (κ2) is 8.62. The van der Waals surface area contributed by atoms with Crippen LogP contribution < -0.4 is 0 Å². The molecule has 25 heavy (non-hydrogen) atoms. The third kappa shape index (κ3) is 3.99. The van der Waals surface area contributed by atoms with E-state index in [4.69, 9.17) is 6.42 Å². The molecule has 2 atom stereocenters. The number of ketones is 1. The van der Waals surface area contributed by atoms with E-state index in [1.807, 2.05) is 32.0 Å². The van der Waals surface area contributed by atoms with Gasteiger partial charge in [-0.15, -0.1) is 6.42 Å². The summed E-state index contributed by atoms with van der Waals surface area (Å²) in [6, 6.07) is 10.0. The van der Waals surface area contributed by atoms with E-state index in [0.717, 1.165) is 42.7 Å². The van der Waals surface area contributed by atoms with Gasteiger partial charge in [-0.05, 0) is 54.5 Å². The maximum atomic E-state index is 11.7. The standard InChI is InChI=1S/C21H20O2.C2H6.H/c1-3-15-7-8-19-12-18(9-10-20(19)21(15)13-22)17-6-4-5-16(11-17)14(2)23;1-2;/h1,7-10,12-13,16-17H,4-6,11H2,2H3;1-2H3;. The molecule has 1 saturated carbocycles. The first-order valence-corrected chi connectivity index (χ1v) is 9.13. The highest BCUT2D eigenvalue weighted by Gasteiger charge is 2.26. The van der Waals surface area contributed by atoms with E-state index >= 15 is 0 Å². The summed E-state index contributed by atoms with van der Waals surface area (Å²) in [6.07, 6.45) is 10.5. The SMILES string of the molecule is C#Cc1ccc2cc(C3CCCC(C(C)=O)C3)ccc2c1C=O.CC.[H]. The van der Waals surface area contributed by atoms with Gasteiger partial charge in [0.05, 0.1) is 0 Å². The zero-order valence-corrected chi connectivity index (χ0v) is 15.3. The zero-order valence-electron chi connectivity index (χ0n) is 16.3. The molecular formula is C23H27O2. The molecule has 1 aliphatic carbocycles. The van der Waals surface area contributed by atoms with Gasteiger partial charge in [-0.1, -0.05) is 50.5 Å². The summed E-state index contributed by atoms with van der Waals surface area (Å²) in [4.78, 5) is 23.1. The predicted molar refractivity (Wildman–Crippen MR) is 105 cm³/mol. The van der Waals surface area contributed by atoms with Crippen LogP contribution in [0.2, 0.25) is 0 Å². The van der Waals surface area contributed by atoms with E-state index in [2.05, 4.69) is 18.1 Å². The minimum atomic E-state index is 0. The highest BCUT2D eigenvalue weighted by molar-refractivity contribution is 6.00. The summed E-state index contributed by atoms with van der Waals surface area (Å²) in [5.41, 5.74) is 2.48. The molecule has 0 bridgehead atoms. The van der Waals surface area contributed by atoms with Crippen molar-refractivity contribution in [2.75, 3.05) is 0 Å². The lowest BCUT2D eigenvalue weighted by atomic mass is 9.76. The molecule has 2 nitrogen and oxygen atoms in total. The van der Waals surface area contributed by atoms with E-state index in [1.165, 1.54) is 5.56 Å². The molecule has 2 aromatic rings. The molecule has 1 radical (unpaired) electrons. The van der Waals surface area contributed by atoms with Crippen molar-refractivity contribution < 1.29 is 11.0 Å². The Hall–Kier alpha value is -2.40. The molecule has 1 fully saturated rings. The Morgan fingerprint density at radius 3 is 2.64 bits per heavy atom. The molecule has 3 rings (SSSR count). The van der Waals surface area contributed by atoms with Gasteiger partial charge in [0.15, 0.2) is 6.29 Å². The Morgan fingerprint density at radius 2 is 2.00 bits per heavy atom. The number of carbonyl (C=O) groups excluding carboxylic acids is 2. The van der Waals surface area contributed by atoms with Crippen molar-refractivity contribution in [3.63, 3.8) is 0 Å². The Labute approximate surface area is 152 Å². The van der Waals surface area contributed by atoms with Crippen LogP contribution in [0.1, 0.15) is 75.3 Å². The minimum absolute atomic E-state index is 0. The first kappa shape index (κ1) is 18.9. The molecule has 2 unspecified atom stereocenters. The molecule has 0 spiro atoms. The average molecular weight is 335 g/mol. The number of hydrogen-bond donors (Lipinski definition) is 0. The van der Waals surface area contributed by atoms with Crippen molar-refractivity contribution in [1.29, 1.82) is 0 Å². The van der Waals surface area contributed by atoms with Gasteiger partial charge in [-0.2, -0.15) is 0 Å². The van der Waals surface area contributed by atoms with Crippen LogP contribution in [-0.4, -0.2) is 12.1 Å². The second-order valence-corrected chi connectivity index (χ2v) is 6.44. The molecule has 0 aliphatic heterocycles. The van der Waals surface area contributed by atoms with Gasteiger partial charge in [0, 0.05) is 18.5 Å². The average Bonchev–Trinajstić information content (AvgIpc) is 2.68. The van der Waals surface area contributed by atoms with Gasteiger partial charge in [0.1, 0.15) is 5.78 Å². The molecule has 2 aromatic carbocycles. The molecule has 0 aromatic heterocycles. The van der Waals surface area contributed by atoms with Crippen LogP contribution in [-0.2, 0) is 4.79 Å². The van der Waals surface area contributed by atoms with Crippen LogP contribution in [0, 0.1) is 18.3 Å². The summed E-state index contributed by atoms with van der Waals surface area (Å²) >= 11 is 0. The summed E-state index contributed by atoms with van der Waals surface area (Å²) in [5, 5.41) is 1.94. The molecular weight excluding hydrogens is 308 g/mol. The minimum Gasteiger partial charge on any atom is -0.300 e. The van der Waals surface area contributed by atoms with Crippen LogP contribution in [0.5, 0.6) is 0 Å². The summed E-state index contributed by atoms with van der Waals surface area (Å²) in [7, 11) is 0. The monoisotopic (exact) mass is 335 g/mol. The lowest BCUT2D eigenvalue weighted by Gasteiger charge is -2.28. The highest BCUT2D eigenvalue weighted by atomic mass is 16.1. The van der Waals surface area contributed by atoms with E-state index in [9.17, 15) is 9.59 Å². The van der Waals surface area contributed by atoms with Gasteiger partial charge in [0.25, 0.3) is 0 Å². The molecule has 0 N–H and O–H groups in total. The molecule has 2 heteroatoms. The third-order valence-corrected chi connectivity index (χ3v) is 5.08. The summed E-state index contributed by atoms with van der Waals surface area (Å²) in [5.74, 6) is 3.49. The molecule has 131 valence electrons. The van der Waals surface area contributed by atoms with Crippen molar-refractivity contribution in [3.05, 3.63) is 47.0 Å². The molecule has 0 amide bonds. The quantitative estimate of drug-likeness (QED) is 0.537. The first-order chi connectivity index (χ1) is 12.1. The van der Waals surface area contributed by atoms with Crippen LogP contribution in [0.4, 0.5) is 0 Å². The van der Waals surface area contributed by atoms with Gasteiger partial charge in [0.2, 0.25) is 0 Å². The van der Waals surface area contributed by atoms with Crippen molar-refractivity contribution in [2.24, 2.45) is 5.92 Å². The van der Waals surface area contributed by atoms with Crippen LogP contribution >= 0.6 is 0 Å². The van der Waals surface area contributed by atoms with Crippen molar-refractivity contribution in [1.82, 2.24) is 0 Å². The van der Waals surface area contributed by atoms with Crippen molar-refractivity contribution in [3.8, 4) is 12.3 Å². The van der Waals surface area contributed by atoms with Crippen LogP contribution in [0.25, 0.3) is 10.8 Å². The maximum Gasteiger partial charge on any atom is 0.151 e. The number of hydrogen-bond acceptors (Lipinski definition) is 2. The third-order valence-electron chi connectivity index (χ3n) is 5.08. The van der Waals surface area contributed by atoms with Crippen molar-refractivity contribution >= 4 is 22.8 Å². The fourth-order valence-electron chi connectivity index (χ4n) is 3.74. The molecule has 0 saturated heterocycles. The number of aldehydes is 1. The number of rotatable bonds is 3. The van der Waals surface area contributed by atoms with E-state index < -0.39 is 0 Å². The smallest absolute Gasteiger partial charge is 0.151 e. The van der Waals surface area contributed by atoms with Crippen LogP contribution in [0.15, 0.2) is 30.3 Å². The summed E-state index contributed by atoms with van der Waals surface area (Å²) in [6.45, 7) is 5.70. The van der Waals surface area contributed by atoms with E-state index in [1.54, 1.807) is 6.92 Å². The number of terminal acetylenes is 1. The summed E-state index contributed by atoms with van der Waals surface area (Å²) < 4.78 is 0. The number of fused-ring (bicyclic) bond motifs is 1. The Kier molecular flexibility index (Phi) is 6.53. The van der Waals surface area contributed by atoms with E-state index in [0.29, 0.717) is 22.8 Å². The topological polar surface area (TPSA) is 34.1 Å². The Morgan fingerprint density at radius 1 is 1.24 bits per heavy atom. The predicted octanol–water partition coefficient (Wildman–Crippen LogP) is 5.64. The fourth-order valence-corrected chi connectivity index (χ4v) is 3.74. The highest BCUT2D eigenvalue weighted by Crippen LogP contribution is 2.37. The Balaban J connectivity index is 0.00000109. The number of benzene rings is 2. The van der Waals surface area contributed by atoms with Gasteiger partial charge in [-0.25, -0.2) is 0 Å². The molecule has 1 aliphatic rings. The Bertz CT molecular complexity index is 817. The van der Waals surface area contributed by atoms with Crippen LogP contribution in [0.3, 0.4) is 0 Å². The number of Topliss-reactive ketones (excluding diaryl/α,β-unsaturated/α-hetero) is 1. The van der Waals surface area contributed by atoms with Gasteiger partial charge < -0.3 is 0 Å². The second-order valence-electron chi connectivity index (χ2n) is 6.44. The van der Waals surface area contributed by atoms with Gasteiger partial charge >= 0.3 is 0 Å².